The number of ether oxygens (including phenoxy) is 1. The first-order valence-corrected chi connectivity index (χ1v) is 10.5. The van der Waals surface area contributed by atoms with Crippen molar-refractivity contribution < 1.29 is 24.0 Å². The van der Waals surface area contributed by atoms with Crippen LogP contribution >= 0.6 is 11.6 Å². The van der Waals surface area contributed by atoms with E-state index in [2.05, 4.69) is 10.6 Å². The van der Waals surface area contributed by atoms with Crippen molar-refractivity contribution in [2.45, 2.75) is 0 Å². The number of hydrogen-bond donors (Lipinski definition) is 3. The number of anilines is 1. The van der Waals surface area contributed by atoms with Crippen LogP contribution in [-0.4, -0.2) is 69.0 Å². The molecule has 3 rings (SSSR count). The summed E-state index contributed by atoms with van der Waals surface area (Å²) in [6.45, 7) is 3.93. The van der Waals surface area contributed by atoms with Gasteiger partial charge in [0.1, 0.15) is 5.75 Å². The second-order valence-electron chi connectivity index (χ2n) is 7.24. The van der Waals surface area contributed by atoms with Crippen LogP contribution in [0.25, 0.3) is 0 Å². The lowest BCUT2D eigenvalue weighted by molar-refractivity contribution is -0.902. The third kappa shape index (κ3) is 6.44. The fourth-order valence-electron chi connectivity index (χ4n) is 3.35. The summed E-state index contributed by atoms with van der Waals surface area (Å²) in [6.07, 6.45) is 0. The Kier molecular flexibility index (Phi) is 7.86. The van der Waals surface area contributed by atoms with E-state index in [-0.39, 0.29) is 5.91 Å². The second kappa shape index (κ2) is 10.8. The average molecular weight is 446 g/mol. The molecule has 1 fully saturated rings. The average Bonchev–Trinajstić information content (AvgIpc) is 2.80. The number of halogens is 1. The van der Waals surface area contributed by atoms with Gasteiger partial charge in [0.15, 0.2) is 0 Å². The summed E-state index contributed by atoms with van der Waals surface area (Å²) in [5, 5.41) is 5.72. The highest BCUT2D eigenvalue weighted by Crippen LogP contribution is 2.14. The first-order valence-electron chi connectivity index (χ1n) is 10.1. The zero-order valence-electron chi connectivity index (χ0n) is 17.3. The van der Waals surface area contributed by atoms with Gasteiger partial charge in [-0.3, -0.25) is 14.4 Å². The van der Waals surface area contributed by atoms with Crippen molar-refractivity contribution in [3.8, 4) is 5.75 Å². The number of hydrogen-bond acceptors (Lipinski definition) is 4. The predicted molar refractivity (Wildman–Crippen MR) is 118 cm³/mol. The van der Waals surface area contributed by atoms with Crippen LogP contribution in [0.4, 0.5) is 5.69 Å². The van der Waals surface area contributed by atoms with Crippen molar-refractivity contribution in [1.29, 1.82) is 0 Å². The van der Waals surface area contributed by atoms with Crippen LogP contribution in [-0.2, 0) is 9.59 Å². The highest BCUT2D eigenvalue weighted by atomic mass is 35.5. The van der Waals surface area contributed by atoms with Gasteiger partial charge in [-0.05, 0) is 48.5 Å². The molecule has 1 saturated heterocycles. The van der Waals surface area contributed by atoms with Gasteiger partial charge in [0.2, 0.25) is 0 Å². The molecule has 2 aromatic carbocycles. The summed E-state index contributed by atoms with van der Waals surface area (Å²) in [6, 6.07) is 13.6. The Labute approximate surface area is 186 Å². The predicted octanol–water partition coefficient (Wildman–Crippen LogP) is 0.444. The summed E-state index contributed by atoms with van der Waals surface area (Å²) in [7, 11) is 1.59. The second-order valence-corrected chi connectivity index (χ2v) is 7.67. The Balaban J connectivity index is 1.36. The van der Waals surface area contributed by atoms with Crippen molar-refractivity contribution in [3.63, 3.8) is 0 Å². The number of carbonyl (C=O) groups is 3. The van der Waals surface area contributed by atoms with Gasteiger partial charge in [0.25, 0.3) is 5.91 Å². The van der Waals surface area contributed by atoms with E-state index >= 15 is 0 Å². The zero-order chi connectivity index (χ0) is 22.2. The molecule has 1 aliphatic heterocycles. The highest BCUT2D eigenvalue weighted by molar-refractivity contribution is 6.39. The minimum absolute atomic E-state index is 0.00822. The molecule has 8 nitrogen and oxygen atoms in total. The van der Waals surface area contributed by atoms with E-state index in [1.165, 1.54) is 4.90 Å². The van der Waals surface area contributed by atoms with E-state index in [4.69, 9.17) is 16.3 Å². The van der Waals surface area contributed by atoms with Gasteiger partial charge >= 0.3 is 11.8 Å². The highest BCUT2D eigenvalue weighted by Gasteiger charge is 2.24. The summed E-state index contributed by atoms with van der Waals surface area (Å²) in [4.78, 5) is 39.7. The van der Waals surface area contributed by atoms with Crippen LogP contribution in [0.1, 0.15) is 10.4 Å². The Bertz CT molecular complexity index is 910. The number of piperazine rings is 1. The molecule has 0 saturated carbocycles. The number of nitrogens with one attached hydrogen (secondary N) is 3. The van der Waals surface area contributed by atoms with E-state index < -0.39 is 11.8 Å². The standard InChI is InChI=1S/C22H25ClN4O4/c1-31-19-8-2-16(3-9-19)22(30)27-14-12-26(13-15-27)11-10-24-20(28)21(29)25-18-6-4-17(23)5-7-18/h2-9H,10-15H2,1H3,(H,24,28)(H,25,29)/p+1. The monoisotopic (exact) mass is 445 g/mol. The molecule has 1 heterocycles. The van der Waals surface area contributed by atoms with E-state index in [9.17, 15) is 14.4 Å². The van der Waals surface area contributed by atoms with E-state index in [0.29, 0.717) is 42.5 Å². The molecule has 0 aliphatic carbocycles. The number of methoxy groups -OCH3 is 1. The van der Waals surface area contributed by atoms with Crippen molar-refractivity contribution in [3.05, 3.63) is 59.1 Å². The maximum absolute atomic E-state index is 12.6. The molecule has 1 aliphatic rings. The zero-order valence-corrected chi connectivity index (χ0v) is 18.1. The molecule has 9 heteroatoms. The number of amides is 3. The van der Waals surface area contributed by atoms with Crippen LogP contribution < -0.4 is 20.3 Å². The van der Waals surface area contributed by atoms with Crippen LogP contribution in [0.3, 0.4) is 0 Å². The molecular formula is C22H26ClN4O4+. The molecule has 0 radical (unpaired) electrons. The summed E-state index contributed by atoms with van der Waals surface area (Å²) in [5.41, 5.74) is 1.15. The van der Waals surface area contributed by atoms with E-state index in [1.54, 1.807) is 55.6 Å². The molecule has 0 spiro atoms. The normalized spacial score (nSPS) is 14.1. The fraction of sp³-hybridized carbons (Fsp3) is 0.318. The SMILES string of the molecule is COc1ccc(C(=O)N2CC[NH+](CCNC(=O)C(=O)Nc3ccc(Cl)cc3)CC2)cc1. The van der Waals surface area contributed by atoms with Crippen molar-refractivity contribution in [1.82, 2.24) is 10.2 Å². The lowest BCUT2D eigenvalue weighted by Crippen LogP contribution is -3.15. The van der Waals surface area contributed by atoms with Gasteiger partial charge in [0.05, 0.1) is 46.4 Å². The number of quaternary nitrogens is 1. The quantitative estimate of drug-likeness (QED) is 0.563. The van der Waals surface area contributed by atoms with Crippen LogP contribution in [0.5, 0.6) is 5.75 Å². The Morgan fingerprint density at radius 2 is 1.65 bits per heavy atom. The topological polar surface area (TPSA) is 92.2 Å². The molecule has 0 bridgehead atoms. The third-order valence-electron chi connectivity index (χ3n) is 5.17. The smallest absolute Gasteiger partial charge is 0.313 e. The van der Waals surface area contributed by atoms with Gasteiger partial charge in [-0.15, -0.1) is 0 Å². The van der Waals surface area contributed by atoms with Gasteiger partial charge in [-0.2, -0.15) is 0 Å². The fourth-order valence-corrected chi connectivity index (χ4v) is 3.47. The van der Waals surface area contributed by atoms with Crippen LogP contribution in [0.15, 0.2) is 48.5 Å². The molecule has 0 aromatic heterocycles. The maximum Gasteiger partial charge on any atom is 0.313 e. The molecule has 164 valence electrons. The minimum atomic E-state index is -0.716. The molecule has 31 heavy (non-hydrogen) atoms. The van der Waals surface area contributed by atoms with Gasteiger partial charge in [0, 0.05) is 16.3 Å². The Morgan fingerprint density at radius 1 is 1.00 bits per heavy atom. The number of rotatable bonds is 6. The number of nitrogens with zero attached hydrogens (tertiary/aromatic N) is 1. The number of benzene rings is 2. The van der Waals surface area contributed by atoms with Crippen molar-refractivity contribution in [2.24, 2.45) is 0 Å². The van der Waals surface area contributed by atoms with E-state index in [0.717, 1.165) is 18.8 Å². The first-order chi connectivity index (χ1) is 15.0. The lowest BCUT2D eigenvalue weighted by Gasteiger charge is -2.32. The number of carbonyl (C=O) groups excluding carboxylic acids is 3. The third-order valence-corrected chi connectivity index (χ3v) is 5.42. The van der Waals surface area contributed by atoms with E-state index in [1.807, 2.05) is 4.90 Å². The Hall–Kier alpha value is -3.10. The first kappa shape index (κ1) is 22.6. The molecule has 0 unspecified atom stereocenters. The van der Waals surface area contributed by atoms with Crippen LogP contribution in [0.2, 0.25) is 5.02 Å². The van der Waals surface area contributed by atoms with Crippen molar-refractivity contribution >= 4 is 35.0 Å². The lowest BCUT2D eigenvalue weighted by atomic mass is 10.1. The Morgan fingerprint density at radius 3 is 2.26 bits per heavy atom. The largest absolute Gasteiger partial charge is 0.497 e. The van der Waals surface area contributed by atoms with Crippen LogP contribution in [0, 0.1) is 0 Å². The van der Waals surface area contributed by atoms with Gasteiger partial charge in [-0.25, -0.2) is 0 Å². The summed E-state index contributed by atoms with van der Waals surface area (Å²) >= 11 is 5.80. The maximum atomic E-state index is 12.6. The molecule has 0 atom stereocenters. The minimum Gasteiger partial charge on any atom is -0.497 e. The van der Waals surface area contributed by atoms with Gasteiger partial charge in [-0.1, -0.05) is 11.6 Å². The summed E-state index contributed by atoms with van der Waals surface area (Å²) in [5.74, 6) is -0.668. The molecule has 3 N–H and O–H groups in total. The van der Waals surface area contributed by atoms with Gasteiger partial charge < -0.3 is 25.2 Å². The van der Waals surface area contributed by atoms with Crippen molar-refractivity contribution in [2.75, 3.05) is 51.7 Å². The molecule has 3 amide bonds. The molecule has 2 aromatic rings. The molecular weight excluding hydrogens is 420 g/mol. The summed E-state index contributed by atoms with van der Waals surface area (Å²) < 4.78 is 5.12.